The highest BCUT2D eigenvalue weighted by atomic mass is 16.4. The van der Waals surface area contributed by atoms with Gasteiger partial charge in [0.1, 0.15) is 0 Å². The second-order valence-electron chi connectivity index (χ2n) is 6.42. The maximum absolute atomic E-state index is 12.3. The summed E-state index contributed by atoms with van der Waals surface area (Å²) in [5.41, 5.74) is 21.7. The Balaban J connectivity index is 5.20. The Hall–Kier alpha value is -2.90. The molecule has 0 aromatic rings. The van der Waals surface area contributed by atoms with E-state index in [0.717, 1.165) is 0 Å². The SMILES string of the molecule is NC(=O)CCC(N)(C(=O)O)C(=O)CCC(N)C(=O)C(N)(CCC(N)=O)C(=O)O. The molecule has 12 N–H and O–H groups in total. The predicted octanol–water partition coefficient (Wildman–Crippen LogP) is -3.67. The van der Waals surface area contributed by atoms with Crippen LogP contribution in [0.3, 0.4) is 0 Å². The summed E-state index contributed by atoms with van der Waals surface area (Å²) in [7, 11) is 0. The summed E-state index contributed by atoms with van der Waals surface area (Å²) in [4.78, 5) is 68.9. The van der Waals surface area contributed by atoms with Gasteiger partial charge in [-0.2, -0.15) is 0 Å². The van der Waals surface area contributed by atoms with Gasteiger partial charge in [0.15, 0.2) is 22.6 Å². The fraction of sp³-hybridized carbons (Fsp3) is 0.600. The Kier molecular flexibility index (Phi) is 8.85. The fourth-order valence-electron chi connectivity index (χ4n) is 2.31. The number of carboxylic acids is 2. The first-order chi connectivity index (χ1) is 12.7. The largest absolute Gasteiger partial charge is 0.480 e. The van der Waals surface area contributed by atoms with Gasteiger partial charge in [-0.3, -0.25) is 19.2 Å². The summed E-state index contributed by atoms with van der Waals surface area (Å²) in [6.07, 6.45) is -3.17. The quantitative estimate of drug-likeness (QED) is 0.139. The van der Waals surface area contributed by atoms with Crippen LogP contribution in [0.25, 0.3) is 0 Å². The van der Waals surface area contributed by atoms with Crippen LogP contribution >= 0.6 is 0 Å². The number of hydrogen-bond donors (Lipinski definition) is 7. The molecular formula is C15H25N5O8. The first kappa shape index (κ1) is 25.1. The summed E-state index contributed by atoms with van der Waals surface area (Å²) < 4.78 is 0. The zero-order chi connectivity index (χ0) is 22.3. The molecule has 0 spiro atoms. The molecule has 0 saturated heterocycles. The fourth-order valence-corrected chi connectivity index (χ4v) is 2.31. The maximum Gasteiger partial charge on any atom is 0.331 e. The minimum atomic E-state index is -2.50. The van der Waals surface area contributed by atoms with Crippen molar-refractivity contribution in [3.05, 3.63) is 0 Å². The molecule has 13 heteroatoms. The zero-order valence-corrected chi connectivity index (χ0v) is 15.1. The van der Waals surface area contributed by atoms with E-state index < -0.39 is 91.0 Å². The number of hydrogen-bond acceptors (Lipinski definition) is 9. The Morgan fingerprint density at radius 1 is 0.750 bits per heavy atom. The van der Waals surface area contributed by atoms with Crippen LogP contribution in [0.5, 0.6) is 0 Å². The Morgan fingerprint density at radius 2 is 1.14 bits per heavy atom. The van der Waals surface area contributed by atoms with Gasteiger partial charge in [0, 0.05) is 19.3 Å². The number of nitrogens with two attached hydrogens (primary N) is 5. The van der Waals surface area contributed by atoms with Crippen LogP contribution in [-0.4, -0.2) is 62.7 Å². The van der Waals surface area contributed by atoms with E-state index in [1.165, 1.54) is 0 Å². The number of carbonyl (C=O) groups is 6. The molecular weight excluding hydrogens is 378 g/mol. The van der Waals surface area contributed by atoms with Crippen molar-refractivity contribution in [1.82, 2.24) is 0 Å². The van der Waals surface area contributed by atoms with Crippen LogP contribution in [0, 0.1) is 0 Å². The predicted molar refractivity (Wildman–Crippen MR) is 93.2 cm³/mol. The second kappa shape index (κ2) is 9.87. The Labute approximate surface area is 159 Å². The van der Waals surface area contributed by atoms with E-state index in [1.54, 1.807) is 0 Å². The number of Topliss-reactive ketones (excluding diaryl/α,β-unsaturated/α-hetero) is 2. The summed E-state index contributed by atoms with van der Waals surface area (Å²) in [5.74, 6) is -7.36. The van der Waals surface area contributed by atoms with E-state index in [1.807, 2.05) is 0 Å². The molecule has 28 heavy (non-hydrogen) atoms. The highest BCUT2D eigenvalue weighted by Crippen LogP contribution is 2.19. The molecule has 0 rings (SSSR count). The van der Waals surface area contributed by atoms with Crippen molar-refractivity contribution in [2.24, 2.45) is 28.7 Å². The van der Waals surface area contributed by atoms with Crippen LogP contribution in [0.15, 0.2) is 0 Å². The first-order valence-electron chi connectivity index (χ1n) is 8.12. The average molecular weight is 403 g/mol. The number of primary amides is 2. The minimum absolute atomic E-state index is 0.455. The van der Waals surface area contributed by atoms with Crippen molar-refractivity contribution in [3.8, 4) is 0 Å². The molecule has 0 aromatic carbocycles. The van der Waals surface area contributed by atoms with E-state index in [-0.39, 0.29) is 0 Å². The van der Waals surface area contributed by atoms with Crippen molar-refractivity contribution in [2.45, 2.75) is 55.6 Å². The smallest absolute Gasteiger partial charge is 0.331 e. The third-order valence-corrected chi connectivity index (χ3v) is 4.25. The molecule has 0 aliphatic carbocycles. The zero-order valence-electron chi connectivity index (χ0n) is 15.1. The molecule has 0 saturated carbocycles. The van der Waals surface area contributed by atoms with Gasteiger partial charge in [-0.15, -0.1) is 0 Å². The monoisotopic (exact) mass is 403 g/mol. The summed E-state index contributed by atoms with van der Waals surface area (Å²) in [5, 5.41) is 18.4. The van der Waals surface area contributed by atoms with Crippen molar-refractivity contribution in [3.63, 3.8) is 0 Å². The van der Waals surface area contributed by atoms with Crippen LogP contribution in [0.4, 0.5) is 0 Å². The van der Waals surface area contributed by atoms with E-state index in [9.17, 15) is 39.0 Å². The normalized spacial score (nSPS) is 16.2. The highest BCUT2D eigenvalue weighted by Gasteiger charge is 2.45. The Morgan fingerprint density at radius 3 is 1.50 bits per heavy atom. The summed E-state index contributed by atoms with van der Waals surface area (Å²) >= 11 is 0. The van der Waals surface area contributed by atoms with Gasteiger partial charge >= 0.3 is 11.9 Å². The van der Waals surface area contributed by atoms with E-state index in [2.05, 4.69) is 0 Å². The molecule has 0 heterocycles. The van der Waals surface area contributed by atoms with E-state index in [4.69, 9.17) is 28.7 Å². The molecule has 158 valence electrons. The van der Waals surface area contributed by atoms with Gasteiger partial charge in [-0.25, -0.2) is 9.59 Å². The first-order valence-corrected chi connectivity index (χ1v) is 8.12. The van der Waals surface area contributed by atoms with E-state index >= 15 is 0 Å². The summed E-state index contributed by atoms with van der Waals surface area (Å²) in [6.45, 7) is 0. The van der Waals surface area contributed by atoms with Gasteiger partial charge < -0.3 is 38.9 Å². The van der Waals surface area contributed by atoms with Gasteiger partial charge in [0.25, 0.3) is 0 Å². The van der Waals surface area contributed by atoms with Gasteiger partial charge in [-0.05, 0) is 19.3 Å². The third kappa shape index (κ3) is 6.37. The number of aliphatic carboxylic acids is 2. The average Bonchev–Trinajstić information content (AvgIpc) is 2.60. The highest BCUT2D eigenvalue weighted by molar-refractivity contribution is 6.11. The maximum atomic E-state index is 12.3. The van der Waals surface area contributed by atoms with Crippen molar-refractivity contribution >= 4 is 35.3 Å². The topological polar surface area (TPSA) is 273 Å². The lowest BCUT2D eigenvalue weighted by Gasteiger charge is -2.27. The Bertz CT molecular complexity index is 681. The molecule has 0 radical (unpaired) electrons. The second-order valence-corrected chi connectivity index (χ2v) is 6.42. The molecule has 0 aromatic heterocycles. The lowest BCUT2D eigenvalue weighted by Crippen LogP contribution is -2.61. The molecule has 3 atom stereocenters. The van der Waals surface area contributed by atoms with Crippen molar-refractivity contribution in [1.29, 1.82) is 0 Å². The van der Waals surface area contributed by atoms with Crippen molar-refractivity contribution < 1.29 is 39.0 Å². The molecule has 0 bridgehead atoms. The van der Waals surface area contributed by atoms with Crippen LogP contribution in [0.2, 0.25) is 0 Å². The van der Waals surface area contributed by atoms with Crippen molar-refractivity contribution in [2.75, 3.05) is 0 Å². The van der Waals surface area contributed by atoms with Crippen LogP contribution in [0.1, 0.15) is 38.5 Å². The van der Waals surface area contributed by atoms with Gasteiger partial charge in [0.05, 0.1) is 6.04 Å². The lowest BCUT2D eigenvalue weighted by molar-refractivity contribution is -0.150. The minimum Gasteiger partial charge on any atom is -0.480 e. The van der Waals surface area contributed by atoms with E-state index in [0.29, 0.717) is 0 Å². The molecule has 13 nitrogen and oxygen atoms in total. The standard InChI is InChI=1S/C15H25N5O8/c16-7(11(24)15(20,13(27)28)6-4-10(18)23)1-2-8(21)14(19,12(25)26)5-3-9(17)22/h7H,1-6,16,19-20H2,(H2,17,22)(H2,18,23)(H,25,26)(H,27,28). The van der Waals surface area contributed by atoms with Gasteiger partial charge in [0.2, 0.25) is 11.8 Å². The molecule has 0 aliphatic rings. The van der Waals surface area contributed by atoms with Crippen LogP contribution in [-0.2, 0) is 28.8 Å². The number of ketones is 2. The summed E-state index contributed by atoms with van der Waals surface area (Å²) in [6, 6.07) is -1.55. The molecule has 2 amide bonds. The molecule has 0 fully saturated rings. The number of carboxylic acid groups (broad SMARTS) is 2. The van der Waals surface area contributed by atoms with Crippen LogP contribution < -0.4 is 28.7 Å². The molecule has 0 aliphatic heterocycles. The molecule has 3 unspecified atom stereocenters. The lowest BCUT2D eigenvalue weighted by atomic mass is 9.82. The number of carbonyl (C=O) groups excluding carboxylic acids is 4. The van der Waals surface area contributed by atoms with Gasteiger partial charge in [-0.1, -0.05) is 0 Å². The third-order valence-electron chi connectivity index (χ3n) is 4.25. The number of rotatable bonds is 14. The number of amides is 2.